The van der Waals surface area contributed by atoms with Crippen molar-refractivity contribution in [3.05, 3.63) is 29.3 Å². The minimum atomic E-state index is 0.0643. The highest BCUT2D eigenvalue weighted by Crippen LogP contribution is 2.64. The van der Waals surface area contributed by atoms with Gasteiger partial charge in [-0.15, -0.1) is 0 Å². The van der Waals surface area contributed by atoms with Gasteiger partial charge < -0.3 is 9.47 Å². The van der Waals surface area contributed by atoms with Gasteiger partial charge in [-0.3, -0.25) is 0 Å². The Balaban J connectivity index is 1.20. The maximum Gasteiger partial charge on any atom is 0.132 e. The Bertz CT molecular complexity index is 1050. The van der Waals surface area contributed by atoms with E-state index in [0.29, 0.717) is 10.8 Å². The van der Waals surface area contributed by atoms with Crippen molar-refractivity contribution in [3.63, 3.8) is 0 Å². The second-order valence-corrected chi connectivity index (χ2v) is 18.2. The number of hydrogen-bond donors (Lipinski definition) is 0. The summed E-state index contributed by atoms with van der Waals surface area (Å²) in [5.41, 5.74) is 4.33. The maximum absolute atomic E-state index is 7.45. The lowest BCUT2D eigenvalue weighted by atomic mass is 9.47. The van der Waals surface area contributed by atoms with Gasteiger partial charge in [0.05, 0.1) is 6.61 Å². The Kier molecular flexibility index (Phi) is 5.61. The lowest BCUT2D eigenvalue weighted by molar-refractivity contribution is -0.0131. The number of benzene rings is 1. The summed E-state index contributed by atoms with van der Waals surface area (Å²) in [5.74, 6) is 7.04. The zero-order valence-electron chi connectivity index (χ0n) is 25.6. The minimum absolute atomic E-state index is 0.0643. The first kappa shape index (κ1) is 25.7. The Morgan fingerprint density at radius 3 is 1.64 bits per heavy atom. The molecular weight excluding hydrogens is 476 g/mol. The predicted octanol–water partition coefficient (Wildman–Crippen LogP) is 9.23. The molecule has 2 atom stereocenters. The van der Waals surface area contributed by atoms with Crippen LogP contribution in [0.1, 0.15) is 129 Å². The van der Waals surface area contributed by atoms with Crippen molar-refractivity contribution in [2.75, 3.05) is 6.61 Å². The van der Waals surface area contributed by atoms with Crippen LogP contribution in [0.5, 0.6) is 5.75 Å². The quantitative estimate of drug-likeness (QED) is 0.328. The highest BCUT2D eigenvalue weighted by atomic mass is 16.6. The van der Waals surface area contributed by atoms with Crippen LogP contribution in [-0.4, -0.2) is 18.8 Å². The average molecular weight is 531 g/mol. The molecule has 214 valence electrons. The molecule has 2 heteroatoms. The third kappa shape index (κ3) is 4.44. The van der Waals surface area contributed by atoms with Crippen molar-refractivity contribution < 1.29 is 9.47 Å². The fourth-order valence-corrected chi connectivity index (χ4v) is 12.9. The zero-order valence-corrected chi connectivity index (χ0v) is 25.6. The van der Waals surface area contributed by atoms with Crippen LogP contribution >= 0.6 is 0 Å². The molecule has 0 N–H and O–H groups in total. The van der Waals surface area contributed by atoms with E-state index in [1.165, 1.54) is 82.8 Å². The molecule has 1 aliphatic heterocycles. The summed E-state index contributed by atoms with van der Waals surface area (Å²) in [7, 11) is 0. The molecule has 39 heavy (non-hydrogen) atoms. The number of hydrogen-bond acceptors (Lipinski definition) is 2. The van der Waals surface area contributed by atoms with E-state index in [0.717, 1.165) is 48.5 Å². The second-order valence-electron chi connectivity index (χ2n) is 18.2. The summed E-state index contributed by atoms with van der Waals surface area (Å²) in [4.78, 5) is 0. The normalized spacial score (nSPS) is 44.6. The summed E-state index contributed by atoms with van der Waals surface area (Å²) in [6.07, 6.45) is 19.0. The Morgan fingerprint density at radius 1 is 0.744 bits per heavy atom. The zero-order chi connectivity index (χ0) is 26.8. The van der Waals surface area contributed by atoms with Crippen LogP contribution in [0.2, 0.25) is 0 Å². The van der Waals surface area contributed by atoms with Crippen LogP contribution in [0.25, 0.3) is 0 Å². The first-order valence-corrected chi connectivity index (χ1v) is 16.9. The summed E-state index contributed by atoms with van der Waals surface area (Å²) in [6, 6.07) is 7.87. The first-order chi connectivity index (χ1) is 18.5. The molecule has 9 aliphatic rings. The van der Waals surface area contributed by atoms with Crippen LogP contribution < -0.4 is 4.74 Å². The van der Waals surface area contributed by atoms with Gasteiger partial charge in [-0.25, -0.2) is 0 Å². The third-order valence-corrected chi connectivity index (χ3v) is 12.9. The fourth-order valence-electron chi connectivity index (χ4n) is 12.9. The molecule has 10 rings (SSSR count). The fraction of sp³-hybridized carbons (Fsp3) is 0.838. The predicted molar refractivity (Wildman–Crippen MR) is 158 cm³/mol. The molecule has 8 bridgehead atoms. The van der Waals surface area contributed by atoms with Crippen molar-refractivity contribution in [1.82, 2.24) is 0 Å². The van der Waals surface area contributed by atoms with Gasteiger partial charge in [-0.2, -0.15) is 0 Å². The van der Waals surface area contributed by atoms with Gasteiger partial charge >= 0.3 is 0 Å². The highest BCUT2D eigenvalue weighted by Gasteiger charge is 2.55. The summed E-state index contributed by atoms with van der Waals surface area (Å²) in [5, 5.41) is 0. The number of epoxide rings is 1. The lowest BCUT2D eigenvalue weighted by Gasteiger charge is -2.58. The molecule has 1 aromatic carbocycles. The van der Waals surface area contributed by atoms with Crippen LogP contribution in [0.4, 0.5) is 0 Å². The van der Waals surface area contributed by atoms with E-state index in [1.807, 2.05) is 0 Å². The smallest absolute Gasteiger partial charge is 0.132 e. The lowest BCUT2D eigenvalue weighted by Crippen LogP contribution is -2.50. The molecule has 0 aromatic heterocycles. The summed E-state index contributed by atoms with van der Waals surface area (Å²) < 4.78 is 13.5. The van der Waals surface area contributed by atoms with Gasteiger partial charge in [0.1, 0.15) is 18.0 Å². The second kappa shape index (κ2) is 8.52. The summed E-state index contributed by atoms with van der Waals surface area (Å²) >= 11 is 0. The monoisotopic (exact) mass is 530 g/mol. The third-order valence-electron chi connectivity index (χ3n) is 12.9. The van der Waals surface area contributed by atoms with Gasteiger partial charge in [0.2, 0.25) is 0 Å². The van der Waals surface area contributed by atoms with E-state index in [-0.39, 0.29) is 23.0 Å². The molecule has 2 unspecified atom stereocenters. The average Bonchev–Trinajstić information content (AvgIpc) is 3.64. The van der Waals surface area contributed by atoms with Gasteiger partial charge in [-0.05, 0) is 147 Å². The van der Waals surface area contributed by atoms with Crippen molar-refractivity contribution in [2.45, 2.75) is 141 Å². The molecule has 8 aliphatic carbocycles. The van der Waals surface area contributed by atoms with Crippen molar-refractivity contribution in [3.8, 4) is 5.75 Å². The first-order valence-electron chi connectivity index (χ1n) is 16.9. The van der Waals surface area contributed by atoms with E-state index in [4.69, 9.17) is 9.47 Å². The maximum atomic E-state index is 7.45. The molecule has 1 heterocycles. The standard InChI is InChI=1S/C37H54O2/c1-34(2,3)22-35(4,5)33(32-21-38-32)39-31-14-29(36-15-23-8-24(16-36)10-25(9-23)17-36)6-7-30(31)37-18-26-11-27(19-37)13-28(12-26)20-37/h6-7,14,23-28,32-33H,8-13,15-22H2,1-5H3. The molecule has 2 nitrogen and oxygen atoms in total. The van der Waals surface area contributed by atoms with Crippen molar-refractivity contribution >= 4 is 0 Å². The van der Waals surface area contributed by atoms with E-state index in [1.54, 1.807) is 11.1 Å². The number of ether oxygens (including phenoxy) is 2. The van der Waals surface area contributed by atoms with E-state index in [9.17, 15) is 0 Å². The topological polar surface area (TPSA) is 21.8 Å². The Hall–Kier alpha value is -1.02. The largest absolute Gasteiger partial charge is 0.487 e. The minimum Gasteiger partial charge on any atom is -0.487 e. The highest BCUT2D eigenvalue weighted by molar-refractivity contribution is 5.47. The summed E-state index contributed by atoms with van der Waals surface area (Å²) in [6.45, 7) is 12.9. The van der Waals surface area contributed by atoms with Gasteiger partial charge in [-0.1, -0.05) is 46.8 Å². The Labute approximate surface area is 238 Å². The van der Waals surface area contributed by atoms with Crippen LogP contribution in [0.15, 0.2) is 18.2 Å². The van der Waals surface area contributed by atoms with Crippen LogP contribution in [0, 0.1) is 46.3 Å². The van der Waals surface area contributed by atoms with Crippen molar-refractivity contribution in [1.29, 1.82) is 0 Å². The molecule has 1 saturated heterocycles. The molecule has 0 amide bonds. The van der Waals surface area contributed by atoms with E-state index < -0.39 is 0 Å². The van der Waals surface area contributed by atoms with E-state index in [2.05, 4.69) is 52.8 Å². The molecule has 0 radical (unpaired) electrons. The molecule has 8 saturated carbocycles. The van der Waals surface area contributed by atoms with Gasteiger partial charge in [0, 0.05) is 11.0 Å². The van der Waals surface area contributed by atoms with Gasteiger partial charge in [0.25, 0.3) is 0 Å². The Morgan fingerprint density at radius 2 is 1.21 bits per heavy atom. The number of rotatable bonds is 7. The molecular formula is C37H54O2. The van der Waals surface area contributed by atoms with Crippen LogP contribution in [0.3, 0.4) is 0 Å². The molecule has 0 spiro atoms. The van der Waals surface area contributed by atoms with Crippen molar-refractivity contribution in [2.24, 2.45) is 46.3 Å². The van der Waals surface area contributed by atoms with Gasteiger partial charge in [0.15, 0.2) is 0 Å². The van der Waals surface area contributed by atoms with E-state index >= 15 is 0 Å². The molecule has 9 fully saturated rings. The SMILES string of the molecule is CC(C)(C)CC(C)(C)C(Oc1cc(C23CC4CC(CC(C4)C2)C3)ccc1C12CC3CC(CC(C3)C1)C2)C1CO1. The van der Waals surface area contributed by atoms with Crippen LogP contribution in [-0.2, 0) is 15.6 Å². The molecule has 1 aromatic rings.